The molecular weight excluding hydrogens is 498 g/mol. The number of Topliss-reactive ketones (excluding diaryl/α,β-unsaturated/α-hetero) is 1. The van der Waals surface area contributed by atoms with E-state index in [1.54, 1.807) is 32.9 Å². The highest BCUT2D eigenvalue weighted by atomic mass is 35.5. The topological polar surface area (TPSA) is 125 Å². The van der Waals surface area contributed by atoms with Crippen molar-refractivity contribution in [2.75, 3.05) is 11.1 Å². The number of rotatable bonds is 8. The second-order valence-corrected chi connectivity index (χ2v) is 11.6. The minimum absolute atomic E-state index is 0.0120. The summed E-state index contributed by atoms with van der Waals surface area (Å²) in [6.07, 6.45) is 5.86. The van der Waals surface area contributed by atoms with E-state index in [9.17, 15) is 18.5 Å². The zero-order valence-corrected chi connectivity index (χ0v) is 22.4. The van der Waals surface area contributed by atoms with Gasteiger partial charge in [0.05, 0.1) is 46.3 Å². The summed E-state index contributed by atoms with van der Waals surface area (Å²) in [6, 6.07) is 7.23. The molecule has 36 heavy (non-hydrogen) atoms. The first-order valence-corrected chi connectivity index (χ1v) is 13.8. The number of ketones is 1. The normalized spacial score (nSPS) is 18.7. The van der Waals surface area contributed by atoms with Gasteiger partial charge in [-0.3, -0.25) is 14.8 Å². The third-order valence-electron chi connectivity index (χ3n) is 6.30. The molecule has 1 aliphatic rings. The predicted molar refractivity (Wildman–Crippen MR) is 141 cm³/mol. The molecule has 1 N–H and O–H groups in total. The molecule has 1 saturated carbocycles. The highest BCUT2D eigenvalue weighted by molar-refractivity contribution is 7.91. The molecule has 0 aliphatic heterocycles. The van der Waals surface area contributed by atoms with Gasteiger partial charge in [-0.2, -0.15) is 5.26 Å². The van der Waals surface area contributed by atoms with Crippen molar-refractivity contribution in [3.05, 3.63) is 58.1 Å². The number of sulfone groups is 1. The molecule has 2 unspecified atom stereocenters. The summed E-state index contributed by atoms with van der Waals surface area (Å²) in [4.78, 5) is 26.6. The molecule has 0 amide bonds. The molecule has 0 spiro atoms. The highest BCUT2D eigenvalue weighted by Crippen LogP contribution is 2.33. The van der Waals surface area contributed by atoms with E-state index in [1.807, 2.05) is 13.0 Å². The number of aryl methyl sites for hydroxylation is 2. The van der Waals surface area contributed by atoms with Gasteiger partial charge in [-0.1, -0.05) is 31.0 Å². The van der Waals surface area contributed by atoms with E-state index in [0.717, 1.165) is 24.8 Å². The highest BCUT2D eigenvalue weighted by Gasteiger charge is 2.27. The monoisotopic (exact) mass is 527 g/mol. The number of carbonyl (C=O) groups is 1. The molecule has 3 rings (SSSR count). The lowest BCUT2D eigenvalue weighted by atomic mass is 9.94. The molecule has 2 heterocycles. The minimum atomic E-state index is -3.36. The number of hydrogen-bond acceptors (Lipinski definition) is 7. The first kappa shape index (κ1) is 27.5. The molecule has 0 bridgehead atoms. The molecule has 0 aromatic carbocycles. The van der Waals surface area contributed by atoms with Gasteiger partial charge in [0.2, 0.25) is 5.78 Å². The van der Waals surface area contributed by atoms with Crippen molar-refractivity contribution >= 4 is 38.7 Å². The van der Waals surface area contributed by atoms with Crippen molar-refractivity contribution in [3.63, 3.8) is 0 Å². The van der Waals surface area contributed by atoms with Crippen LogP contribution in [0.4, 0.5) is 5.69 Å². The van der Waals surface area contributed by atoms with Crippen molar-refractivity contribution < 1.29 is 13.2 Å². The minimum Gasteiger partial charge on any atom is -0.336 e. The van der Waals surface area contributed by atoms with E-state index in [1.165, 1.54) is 12.3 Å². The summed E-state index contributed by atoms with van der Waals surface area (Å²) in [7, 11) is -3.36. The molecule has 2 aromatic heterocycles. The largest absolute Gasteiger partial charge is 0.336 e. The Labute approximate surface area is 217 Å². The fourth-order valence-corrected chi connectivity index (χ4v) is 5.05. The van der Waals surface area contributed by atoms with Gasteiger partial charge in [0.25, 0.3) is 0 Å². The standard InChI is InChI=1S/C26H30ClN5O3S/c1-5-36(34,35)22-10-9-21(29-15-22)14-30-26(32-23-12-17(3)25(27)31-18(23)4)24(33)16(2)11-19-7-6-8-20(19)13-28/h9-12,15,19-20H,5-8,14H2,1-4H3,(H,30,32). The van der Waals surface area contributed by atoms with Gasteiger partial charge in [0.1, 0.15) is 5.15 Å². The van der Waals surface area contributed by atoms with E-state index >= 15 is 0 Å². The summed E-state index contributed by atoms with van der Waals surface area (Å²) in [5, 5.41) is 12.9. The first-order valence-electron chi connectivity index (χ1n) is 11.8. The Morgan fingerprint density at radius 1 is 1.33 bits per heavy atom. The summed E-state index contributed by atoms with van der Waals surface area (Å²) in [6.45, 7) is 6.97. The number of aliphatic imine (C=N–C) groups is 1. The van der Waals surface area contributed by atoms with E-state index in [0.29, 0.717) is 27.8 Å². The number of amidine groups is 1. The van der Waals surface area contributed by atoms with Crippen LogP contribution in [0.2, 0.25) is 5.15 Å². The molecule has 0 saturated heterocycles. The van der Waals surface area contributed by atoms with Crippen LogP contribution in [-0.4, -0.2) is 35.8 Å². The Kier molecular flexibility index (Phi) is 8.98. The van der Waals surface area contributed by atoms with Gasteiger partial charge >= 0.3 is 0 Å². The van der Waals surface area contributed by atoms with Crippen molar-refractivity contribution in [2.45, 2.75) is 58.4 Å². The van der Waals surface area contributed by atoms with Crippen LogP contribution in [0.3, 0.4) is 0 Å². The summed E-state index contributed by atoms with van der Waals surface area (Å²) in [5.74, 6) is -0.253. The maximum atomic E-state index is 13.4. The number of nitrogens with zero attached hydrogens (tertiary/aromatic N) is 4. The second kappa shape index (κ2) is 11.8. The fourth-order valence-electron chi connectivity index (χ4n) is 4.05. The van der Waals surface area contributed by atoms with Crippen molar-refractivity contribution in [3.8, 4) is 6.07 Å². The van der Waals surface area contributed by atoms with Gasteiger partial charge < -0.3 is 5.32 Å². The molecule has 1 fully saturated rings. The third kappa shape index (κ3) is 6.56. The fraction of sp³-hybridized carbons (Fsp3) is 0.423. The average Bonchev–Trinajstić information content (AvgIpc) is 3.31. The van der Waals surface area contributed by atoms with E-state index in [2.05, 4.69) is 26.3 Å². The zero-order chi connectivity index (χ0) is 26.5. The van der Waals surface area contributed by atoms with Crippen molar-refractivity contribution in [2.24, 2.45) is 16.8 Å². The Hall–Kier alpha value is -3.09. The van der Waals surface area contributed by atoms with Gasteiger partial charge in [-0.25, -0.2) is 13.4 Å². The number of aromatic nitrogens is 2. The van der Waals surface area contributed by atoms with Crippen LogP contribution < -0.4 is 5.32 Å². The van der Waals surface area contributed by atoms with Crippen LogP contribution in [0.5, 0.6) is 0 Å². The maximum absolute atomic E-state index is 13.4. The lowest BCUT2D eigenvalue weighted by Crippen LogP contribution is -2.25. The van der Waals surface area contributed by atoms with E-state index in [4.69, 9.17) is 11.6 Å². The maximum Gasteiger partial charge on any atom is 0.223 e. The molecule has 190 valence electrons. The van der Waals surface area contributed by atoms with Crippen molar-refractivity contribution in [1.29, 1.82) is 5.26 Å². The van der Waals surface area contributed by atoms with Crippen molar-refractivity contribution in [1.82, 2.24) is 9.97 Å². The number of allylic oxidation sites excluding steroid dienone is 1. The number of pyridine rings is 2. The first-order chi connectivity index (χ1) is 17.1. The molecule has 0 radical (unpaired) electrons. The lowest BCUT2D eigenvalue weighted by Gasteiger charge is -2.14. The van der Waals surface area contributed by atoms with Crippen LogP contribution in [0.1, 0.15) is 50.1 Å². The van der Waals surface area contributed by atoms with E-state index < -0.39 is 9.84 Å². The van der Waals surface area contributed by atoms with Gasteiger partial charge in [0.15, 0.2) is 15.7 Å². The molecule has 8 nitrogen and oxygen atoms in total. The molecule has 1 aliphatic carbocycles. The molecule has 2 aromatic rings. The van der Waals surface area contributed by atoms with Crippen LogP contribution in [0.25, 0.3) is 0 Å². The summed E-state index contributed by atoms with van der Waals surface area (Å²) in [5.41, 5.74) is 2.98. The molecular formula is C26H30ClN5O3S. The Morgan fingerprint density at radius 3 is 2.72 bits per heavy atom. The van der Waals surface area contributed by atoms with Gasteiger partial charge in [-0.15, -0.1) is 0 Å². The smallest absolute Gasteiger partial charge is 0.223 e. The quantitative estimate of drug-likeness (QED) is 0.221. The lowest BCUT2D eigenvalue weighted by molar-refractivity contribution is -0.109. The van der Waals surface area contributed by atoms with Gasteiger partial charge in [0, 0.05) is 6.20 Å². The number of halogens is 1. The number of anilines is 1. The van der Waals surface area contributed by atoms with Crippen LogP contribution >= 0.6 is 11.6 Å². The third-order valence-corrected chi connectivity index (χ3v) is 8.41. The van der Waals surface area contributed by atoms with Gasteiger partial charge in [-0.05, 0) is 68.9 Å². The average molecular weight is 528 g/mol. The zero-order valence-electron chi connectivity index (χ0n) is 20.9. The number of nitrogens with one attached hydrogen (secondary N) is 1. The number of carbonyl (C=O) groups excluding carboxylic acids is 1. The second-order valence-electron chi connectivity index (χ2n) is 8.92. The molecule has 2 atom stereocenters. The Bertz CT molecular complexity index is 1340. The van der Waals surface area contributed by atoms with Crippen LogP contribution in [0.15, 0.2) is 45.9 Å². The van der Waals surface area contributed by atoms with Crippen LogP contribution in [0, 0.1) is 37.0 Å². The predicted octanol–water partition coefficient (Wildman–Crippen LogP) is 5.01. The Balaban J connectivity index is 1.92. The van der Waals surface area contributed by atoms with Crippen LogP contribution in [-0.2, 0) is 21.2 Å². The summed E-state index contributed by atoms with van der Waals surface area (Å²) < 4.78 is 24.1. The summed E-state index contributed by atoms with van der Waals surface area (Å²) >= 11 is 6.13. The molecule has 10 heteroatoms. The van der Waals surface area contributed by atoms with E-state index in [-0.39, 0.29) is 40.6 Å². The Morgan fingerprint density at radius 2 is 2.08 bits per heavy atom. The number of nitriles is 1. The number of hydrogen-bond donors (Lipinski definition) is 1. The SMILES string of the molecule is CCS(=O)(=O)c1ccc(CN=C(Nc2cc(C)c(Cl)nc2C)C(=O)C(C)=CC2CCCC2C#N)nc1.